The van der Waals surface area contributed by atoms with Gasteiger partial charge in [-0.3, -0.25) is 0 Å². The molecule has 0 aliphatic heterocycles. The minimum Gasteiger partial charge on any atom is -0.122 e. The van der Waals surface area contributed by atoms with E-state index in [-0.39, 0.29) is 0 Å². The molecule has 22 heavy (non-hydrogen) atoms. The van der Waals surface area contributed by atoms with Crippen LogP contribution in [0.4, 0.5) is 0 Å². The van der Waals surface area contributed by atoms with E-state index in [0.717, 1.165) is 5.92 Å². The second-order valence-electron chi connectivity index (χ2n) is 7.04. The minimum absolute atomic E-state index is 0.630. The molecule has 124 valence electrons. The van der Waals surface area contributed by atoms with E-state index in [0.29, 0.717) is 5.88 Å². The number of halogens is 1. The Kier molecular flexibility index (Phi) is 9.02. The smallest absolute Gasteiger partial charge is 0.0474 e. The van der Waals surface area contributed by atoms with Crippen molar-refractivity contribution in [2.45, 2.75) is 95.3 Å². The Labute approximate surface area is 142 Å². The van der Waals surface area contributed by atoms with Crippen LogP contribution in [0.2, 0.25) is 0 Å². The molecule has 0 N–H and O–H groups in total. The summed E-state index contributed by atoms with van der Waals surface area (Å²) < 4.78 is 0. The van der Waals surface area contributed by atoms with E-state index < -0.39 is 0 Å². The molecular weight excluding hydrogens is 288 g/mol. The fourth-order valence-electron chi connectivity index (χ4n) is 3.73. The molecule has 1 aliphatic carbocycles. The second-order valence-corrected chi connectivity index (χ2v) is 7.31. The van der Waals surface area contributed by atoms with Gasteiger partial charge in [0.15, 0.2) is 0 Å². The quantitative estimate of drug-likeness (QED) is 0.492. The average Bonchev–Trinajstić information content (AvgIpc) is 2.57. The van der Waals surface area contributed by atoms with Crippen LogP contribution in [0.15, 0.2) is 24.3 Å². The van der Waals surface area contributed by atoms with Crippen molar-refractivity contribution in [2.24, 2.45) is 0 Å². The number of benzene rings is 1. The van der Waals surface area contributed by atoms with Crippen LogP contribution in [0.1, 0.15) is 101 Å². The van der Waals surface area contributed by atoms with Gasteiger partial charge in [-0.1, -0.05) is 94.9 Å². The molecule has 0 radical (unpaired) electrons. The lowest BCUT2D eigenvalue weighted by molar-refractivity contribution is 0.470. The lowest BCUT2D eigenvalue weighted by Crippen LogP contribution is -2.00. The molecule has 1 aliphatic rings. The van der Waals surface area contributed by atoms with Crippen LogP contribution in [0.25, 0.3) is 0 Å². The highest BCUT2D eigenvalue weighted by Gasteiger charge is 2.11. The van der Waals surface area contributed by atoms with Gasteiger partial charge < -0.3 is 0 Å². The van der Waals surface area contributed by atoms with Crippen molar-refractivity contribution >= 4 is 11.6 Å². The minimum atomic E-state index is 0.630. The van der Waals surface area contributed by atoms with Crippen molar-refractivity contribution < 1.29 is 0 Å². The third-order valence-electron chi connectivity index (χ3n) is 5.21. The topological polar surface area (TPSA) is 0 Å². The molecule has 0 unspecified atom stereocenters. The summed E-state index contributed by atoms with van der Waals surface area (Å²) >= 11 is 5.91. The van der Waals surface area contributed by atoms with Crippen LogP contribution in [0, 0.1) is 0 Å². The summed E-state index contributed by atoms with van der Waals surface area (Å²) in [6.45, 7) is 0. The fourth-order valence-corrected chi connectivity index (χ4v) is 3.91. The molecule has 0 bridgehead atoms. The lowest BCUT2D eigenvalue weighted by atomic mass is 9.87. The monoisotopic (exact) mass is 320 g/mol. The van der Waals surface area contributed by atoms with Crippen molar-refractivity contribution in [1.29, 1.82) is 0 Å². The molecule has 0 saturated heterocycles. The first-order chi connectivity index (χ1) is 10.9. The molecule has 0 heterocycles. The van der Waals surface area contributed by atoms with E-state index >= 15 is 0 Å². The molecule has 0 atom stereocenters. The summed E-state index contributed by atoms with van der Waals surface area (Å²) in [5, 5.41) is 0. The first-order valence-corrected chi connectivity index (χ1v) is 10.1. The van der Waals surface area contributed by atoms with Gasteiger partial charge in [0.2, 0.25) is 0 Å². The van der Waals surface area contributed by atoms with Crippen LogP contribution in [0.3, 0.4) is 0 Å². The molecule has 2 rings (SSSR count). The predicted octanol–water partition coefficient (Wildman–Crippen LogP) is 7.59. The van der Waals surface area contributed by atoms with Crippen molar-refractivity contribution in [2.75, 3.05) is 0 Å². The van der Waals surface area contributed by atoms with Crippen LogP contribution in [-0.2, 0) is 5.88 Å². The van der Waals surface area contributed by atoms with E-state index in [1.54, 1.807) is 5.56 Å². The largest absolute Gasteiger partial charge is 0.122 e. The van der Waals surface area contributed by atoms with Gasteiger partial charge in [-0.05, 0) is 29.9 Å². The fraction of sp³-hybridized carbons (Fsp3) is 0.714. The molecule has 0 spiro atoms. The van der Waals surface area contributed by atoms with Gasteiger partial charge in [-0.25, -0.2) is 0 Å². The maximum absolute atomic E-state index is 5.91. The van der Waals surface area contributed by atoms with E-state index in [4.69, 9.17) is 11.6 Å². The summed E-state index contributed by atoms with van der Waals surface area (Å²) in [6.07, 6.45) is 18.6. The van der Waals surface area contributed by atoms with Crippen LogP contribution in [0.5, 0.6) is 0 Å². The molecule has 1 aromatic rings. The van der Waals surface area contributed by atoms with Gasteiger partial charge in [-0.2, -0.15) is 0 Å². The number of hydrogen-bond acceptors (Lipinski definition) is 0. The van der Waals surface area contributed by atoms with Crippen LogP contribution in [-0.4, -0.2) is 0 Å². The normalized spacial score (nSPS) is 20.4. The summed E-state index contributed by atoms with van der Waals surface area (Å²) in [4.78, 5) is 0. The maximum atomic E-state index is 5.91. The Hall–Kier alpha value is -0.490. The lowest BCUT2D eigenvalue weighted by Gasteiger charge is -2.18. The Morgan fingerprint density at radius 3 is 1.45 bits per heavy atom. The first kappa shape index (κ1) is 17.9. The van der Waals surface area contributed by atoms with Crippen LogP contribution >= 0.6 is 11.6 Å². The molecule has 1 saturated carbocycles. The molecule has 1 aromatic carbocycles. The highest BCUT2D eigenvalue weighted by molar-refractivity contribution is 6.17. The van der Waals surface area contributed by atoms with E-state index in [2.05, 4.69) is 24.3 Å². The summed E-state index contributed by atoms with van der Waals surface area (Å²) in [5.74, 6) is 1.40. The van der Waals surface area contributed by atoms with Gasteiger partial charge in [0.25, 0.3) is 0 Å². The highest BCUT2D eigenvalue weighted by Crippen LogP contribution is 2.29. The maximum Gasteiger partial charge on any atom is 0.0474 e. The van der Waals surface area contributed by atoms with Crippen molar-refractivity contribution in [3.63, 3.8) is 0 Å². The molecule has 1 fully saturated rings. The molecule has 0 nitrogen and oxygen atoms in total. The first-order valence-electron chi connectivity index (χ1n) is 9.55. The highest BCUT2D eigenvalue weighted by atomic mass is 35.5. The molecule has 0 aromatic heterocycles. The predicted molar refractivity (Wildman–Crippen MR) is 98.8 cm³/mol. The Morgan fingerprint density at radius 1 is 0.636 bits per heavy atom. The summed E-state index contributed by atoms with van der Waals surface area (Å²) in [7, 11) is 0. The standard InChI is InChI=1S/C21H33Cl/c22-18-19-14-16-21(17-15-19)20-12-10-8-6-4-2-1-3-5-7-9-11-13-20/h14-17,20H,1-13,18H2. The Bertz CT molecular complexity index is 367. The molecular formula is C21H33Cl. The molecule has 1 heteroatoms. The van der Waals surface area contributed by atoms with Gasteiger partial charge in [-0.15, -0.1) is 11.6 Å². The molecule has 0 amide bonds. The SMILES string of the molecule is ClCc1ccc(C2CCCCCCCCCCCCC2)cc1. The zero-order chi connectivity index (χ0) is 15.5. The zero-order valence-corrected chi connectivity index (χ0v) is 14.9. The third-order valence-corrected chi connectivity index (χ3v) is 5.52. The van der Waals surface area contributed by atoms with Crippen LogP contribution < -0.4 is 0 Å². The average molecular weight is 321 g/mol. The van der Waals surface area contributed by atoms with Crippen molar-refractivity contribution in [1.82, 2.24) is 0 Å². The number of rotatable bonds is 2. The zero-order valence-electron chi connectivity index (χ0n) is 14.2. The van der Waals surface area contributed by atoms with Crippen molar-refractivity contribution in [3.05, 3.63) is 35.4 Å². The van der Waals surface area contributed by atoms with Gasteiger partial charge in [0.05, 0.1) is 0 Å². The number of alkyl halides is 1. The van der Waals surface area contributed by atoms with Crippen molar-refractivity contribution in [3.8, 4) is 0 Å². The van der Waals surface area contributed by atoms with E-state index in [9.17, 15) is 0 Å². The Morgan fingerprint density at radius 2 is 1.05 bits per heavy atom. The van der Waals surface area contributed by atoms with Gasteiger partial charge in [0.1, 0.15) is 0 Å². The summed E-state index contributed by atoms with van der Waals surface area (Å²) in [6, 6.07) is 9.08. The van der Waals surface area contributed by atoms with Gasteiger partial charge in [0, 0.05) is 5.88 Å². The van der Waals surface area contributed by atoms with E-state index in [1.165, 1.54) is 89.0 Å². The second kappa shape index (κ2) is 11.1. The van der Waals surface area contributed by atoms with E-state index in [1.807, 2.05) is 0 Å². The summed E-state index contributed by atoms with van der Waals surface area (Å²) in [5.41, 5.74) is 2.78. The van der Waals surface area contributed by atoms with Gasteiger partial charge >= 0.3 is 0 Å². The Balaban J connectivity index is 1.89. The third kappa shape index (κ3) is 6.73. The number of hydrogen-bond donors (Lipinski definition) is 0.